The van der Waals surface area contributed by atoms with Gasteiger partial charge < -0.3 is 5.32 Å². The van der Waals surface area contributed by atoms with E-state index < -0.39 is 0 Å². The maximum Gasteiger partial charge on any atom is 0.0641 e. The van der Waals surface area contributed by atoms with E-state index in [-0.39, 0.29) is 0 Å². The zero-order chi connectivity index (χ0) is 14.1. The number of aryl methyl sites for hydroxylation is 2. The van der Waals surface area contributed by atoms with Crippen LogP contribution in [0.4, 0.5) is 0 Å². The molecule has 110 valence electrons. The van der Waals surface area contributed by atoms with Crippen LogP contribution in [0.1, 0.15) is 76.1 Å². The van der Waals surface area contributed by atoms with Crippen LogP contribution in [0, 0.1) is 6.92 Å². The highest BCUT2D eigenvalue weighted by molar-refractivity contribution is 5.19. The summed E-state index contributed by atoms with van der Waals surface area (Å²) in [4.78, 5) is 0. The Balaban J connectivity index is 2.38. The molecule has 0 saturated heterocycles. The smallest absolute Gasteiger partial charge is 0.0641 e. The lowest BCUT2D eigenvalue weighted by atomic mass is 10.00. The van der Waals surface area contributed by atoms with Crippen molar-refractivity contribution in [1.82, 2.24) is 15.1 Å². The second-order valence-electron chi connectivity index (χ2n) is 5.51. The van der Waals surface area contributed by atoms with Crippen molar-refractivity contribution >= 4 is 0 Å². The Kier molecular flexibility index (Phi) is 7.80. The standard InChI is InChI=1S/C16H31N3/c1-5-7-8-9-10-11-12-16(17-6-2)15-13-19(4)18-14(15)3/h13,16-17H,5-12H2,1-4H3. The number of hydrogen-bond donors (Lipinski definition) is 1. The Morgan fingerprint density at radius 2 is 1.84 bits per heavy atom. The first-order valence-electron chi connectivity index (χ1n) is 7.92. The van der Waals surface area contributed by atoms with Gasteiger partial charge in [-0.3, -0.25) is 4.68 Å². The highest BCUT2D eigenvalue weighted by atomic mass is 15.3. The quantitative estimate of drug-likeness (QED) is 0.645. The van der Waals surface area contributed by atoms with Crippen molar-refractivity contribution in [2.75, 3.05) is 6.54 Å². The monoisotopic (exact) mass is 265 g/mol. The molecule has 0 aliphatic carbocycles. The zero-order valence-corrected chi connectivity index (χ0v) is 13.2. The Bertz CT molecular complexity index is 344. The van der Waals surface area contributed by atoms with Crippen LogP contribution >= 0.6 is 0 Å². The van der Waals surface area contributed by atoms with Gasteiger partial charge in [-0.25, -0.2) is 0 Å². The number of unbranched alkanes of at least 4 members (excludes halogenated alkanes) is 5. The summed E-state index contributed by atoms with van der Waals surface area (Å²) in [5.74, 6) is 0. The number of nitrogens with one attached hydrogen (secondary N) is 1. The van der Waals surface area contributed by atoms with Crippen LogP contribution in [-0.2, 0) is 7.05 Å². The van der Waals surface area contributed by atoms with E-state index >= 15 is 0 Å². The summed E-state index contributed by atoms with van der Waals surface area (Å²) in [6.07, 6.45) is 11.6. The summed E-state index contributed by atoms with van der Waals surface area (Å²) in [5.41, 5.74) is 2.54. The third kappa shape index (κ3) is 5.77. The molecule has 0 aromatic carbocycles. The number of hydrogen-bond acceptors (Lipinski definition) is 2. The molecule has 0 radical (unpaired) electrons. The molecule has 1 unspecified atom stereocenters. The van der Waals surface area contributed by atoms with E-state index in [2.05, 4.69) is 37.4 Å². The Morgan fingerprint density at radius 1 is 1.16 bits per heavy atom. The molecule has 0 fully saturated rings. The average Bonchev–Trinajstić information content (AvgIpc) is 2.71. The molecule has 0 amide bonds. The summed E-state index contributed by atoms with van der Waals surface area (Å²) in [6.45, 7) is 7.59. The Labute approximate surface area is 118 Å². The molecule has 1 aromatic rings. The zero-order valence-electron chi connectivity index (χ0n) is 13.2. The molecule has 3 nitrogen and oxygen atoms in total. The molecule has 3 heteroatoms. The fourth-order valence-corrected chi connectivity index (χ4v) is 2.70. The first kappa shape index (κ1) is 16.2. The summed E-state index contributed by atoms with van der Waals surface area (Å²) in [6, 6.07) is 0.477. The molecule has 0 aliphatic rings. The highest BCUT2D eigenvalue weighted by Crippen LogP contribution is 2.22. The fourth-order valence-electron chi connectivity index (χ4n) is 2.70. The van der Waals surface area contributed by atoms with Crippen LogP contribution in [0.25, 0.3) is 0 Å². The summed E-state index contributed by atoms with van der Waals surface area (Å²) in [7, 11) is 2.00. The fraction of sp³-hybridized carbons (Fsp3) is 0.812. The summed E-state index contributed by atoms with van der Waals surface area (Å²) in [5, 5.41) is 8.06. The average molecular weight is 265 g/mol. The molecule has 0 bridgehead atoms. The summed E-state index contributed by atoms with van der Waals surface area (Å²) >= 11 is 0. The van der Waals surface area contributed by atoms with E-state index in [0.717, 1.165) is 6.54 Å². The minimum Gasteiger partial charge on any atom is -0.310 e. The minimum absolute atomic E-state index is 0.477. The molecular formula is C16H31N3. The minimum atomic E-state index is 0.477. The van der Waals surface area contributed by atoms with Crippen molar-refractivity contribution in [3.63, 3.8) is 0 Å². The van der Waals surface area contributed by atoms with Gasteiger partial charge in [-0.15, -0.1) is 0 Å². The molecule has 1 heterocycles. The van der Waals surface area contributed by atoms with E-state index in [1.165, 1.54) is 56.2 Å². The van der Waals surface area contributed by atoms with Gasteiger partial charge in [0.25, 0.3) is 0 Å². The largest absolute Gasteiger partial charge is 0.310 e. The van der Waals surface area contributed by atoms with Gasteiger partial charge >= 0.3 is 0 Å². The first-order chi connectivity index (χ1) is 9.19. The van der Waals surface area contributed by atoms with Crippen molar-refractivity contribution in [3.8, 4) is 0 Å². The van der Waals surface area contributed by atoms with Crippen molar-refractivity contribution in [1.29, 1.82) is 0 Å². The molecule has 1 rings (SSSR count). The predicted octanol–water partition coefficient (Wildman–Crippen LogP) is 4.13. The lowest BCUT2D eigenvalue weighted by Crippen LogP contribution is -2.21. The van der Waals surface area contributed by atoms with Crippen LogP contribution in [0.2, 0.25) is 0 Å². The van der Waals surface area contributed by atoms with Gasteiger partial charge in [0.15, 0.2) is 0 Å². The van der Waals surface area contributed by atoms with Crippen LogP contribution in [0.5, 0.6) is 0 Å². The maximum atomic E-state index is 4.46. The Hall–Kier alpha value is -0.830. The van der Waals surface area contributed by atoms with E-state index in [4.69, 9.17) is 0 Å². The Morgan fingerprint density at radius 3 is 2.42 bits per heavy atom. The first-order valence-corrected chi connectivity index (χ1v) is 7.92. The third-order valence-corrected chi connectivity index (χ3v) is 3.72. The maximum absolute atomic E-state index is 4.46. The van der Waals surface area contributed by atoms with E-state index in [1.807, 2.05) is 11.7 Å². The van der Waals surface area contributed by atoms with Gasteiger partial charge in [-0.1, -0.05) is 52.4 Å². The SMILES string of the molecule is CCCCCCCCC(NCC)c1cn(C)nc1C. The molecular weight excluding hydrogens is 234 g/mol. The number of aromatic nitrogens is 2. The molecule has 0 aliphatic heterocycles. The van der Waals surface area contributed by atoms with Crippen molar-refractivity contribution < 1.29 is 0 Å². The highest BCUT2D eigenvalue weighted by Gasteiger charge is 2.14. The van der Waals surface area contributed by atoms with E-state index in [0.29, 0.717) is 6.04 Å². The van der Waals surface area contributed by atoms with Crippen LogP contribution in [0.3, 0.4) is 0 Å². The number of nitrogens with zero attached hydrogens (tertiary/aromatic N) is 2. The second kappa shape index (κ2) is 9.13. The van der Waals surface area contributed by atoms with Gasteiger partial charge in [-0.2, -0.15) is 5.10 Å². The number of rotatable bonds is 10. The molecule has 1 atom stereocenters. The molecule has 1 aromatic heterocycles. The molecule has 0 spiro atoms. The van der Waals surface area contributed by atoms with E-state index in [9.17, 15) is 0 Å². The van der Waals surface area contributed by atoms with Gasteiger partial charge in [-0.05, 0) is 19.9 Å². The van der Waals surface area contributed by atoms with E-state index in [1.54, 1.807) is 0 Å². The van der Waals surface area contributed by atoms with Crippen LogP contribution in [0.15, 0.2) is 6.20 Å². The molecule has 1 N–H and O–H groups in total. The van der Waals surface area contributed by atoms with Gasteiger partial charge in [0.05, 0.1) is 5.69 Å². The lowest BCUT2D eigenvalue weighted by molar-refractivity contribution is 0.475. The molecule has 19 heavy (non-hydrogen) atoms. The predicted molar refractivity (Wildman–Crippen MR) is 82.4 cm³/mol. The van der Waals surface area contributed by atoms with Crippen LogP contribution in [-0.4, -0.2) is 16.3 Å². The summed E-state index contributed by atoms with van der Waals surface area (Å²) < 4.78 is 1.93. The topological polar surface area (TPSA) is 29.9 Å². The van der Waals surface area contributed by atoms with Crippen molar-refractivity contribution in [3.05, 3.63) is 17.5 Å². The third-order valence-electron chi connectivity index (χ3n) is 3.72. The molecule has 0 saturated carbocycles. The second-order valence-corrected chi connectivity index (χ2v) is 5.51. The van der Waals surface area contributed by atoms with Crippen molar-refractivity contribution in [2.24, 2.45) is 7.05 Å². The lowest BCUT2D eigenvalue weighted by Gasteiger charge is -2.17. The van der Waals surface area contributed by atoms with Gasteiger partial charge in [0.1, 0.15) is 0 Å². The van der Waals surface area contributed by atoms with Crippen LogP contribution < -0.4 is 5.32 Å². The van der Waals surface area contributed by atoms with Gasteiger partial charge in [0, 0.05) is 24.8 Å². The van der Waals surface area contributed by atoms with Gasteiger partial charge in [0.2, 0.25) is 0 Å². The van der Waals surface area contributed by atoms with Crippen molar-refractivity contribution in [2.45, 2.75) is 71.8 Å². The normalized spacial score (nSPS) is 12.8.